The van der Waals surface area contributed by atoms with Gasteiger partial charge in [-0.3, -0.25) is 0 Å². The zero-order valence-corrected chi connectivity index (χ0v) is 43.9. The van der Waals surface area contributed by atoms with E-state index in [1.54, 1.807) is 71.1 Å². The first-order valence-electron chi connectivity index (χ1n) is 24.0. The Hall–Kier alpha value is -6.52. The van der Waals surface area contributed by atoms with Crippen molar-refractivity contribution < 1.29 is 75.4 Å². The van der Waals surface area contributed by atoms with Gasteiger partial charge in [0.2, 0.25) is 11.5 Å². The van der Waals surface area contributed by atoms with Gasteiger partial charge in [0, 0.05) is 50.7 Å². The van der Waals surface area contributed by atoms with E-state index in [-0.39, 0.29) is 25.3 Å². The first kappa shape index (κ1) is 53.8. The first-order valence-corrected chi connectivity index (χ1v) is 24.0. The van der Waals surface area contributed by atoms with Crippen molar-refractivity contribution >= 4 is 11.9 Å². The number of carbonyl (C=O) groups excluding carboxylic acids is 2. The van der Waals surface area contributed by atoms with Crippen LogP contribution in [0.15, 0.2) is 54.6 Å². The van der Waals surface area contributed by atoms with Crippen molar-refractivity contribution in [2.24, 2.45) is 0 Å². The number of ether oxygens (including phenoxy) is 12. The predicted octanol–water partition coefficient (Wildman–Crippen LogP) is 7.78. The molecule has 0 spiro atoms. The summed E-state index contributed by atoms with van der Waals surface area (Å²) in [5.74, 6) is 4.93. The molecule has 0 saturated heterocycles. The van der Waals surface area contributed by atoms with E-state index >= 15 is 0 Å². The number of methoxy groups -OCH3 is 10. The number of hydrogen-bond donors (Lipinski definition) is 0. The Morgan fingerprint density at radius 1 is 0.493 bits per heavy atom. The molecule has 0 bridgehead atoms. The second kappa shape index (κ2) is 24.1. The molecule has 16 nitrogen and oxygen atoms in total. The van der Waals surface area contributed by atoms with Gasteiger partial charge >= 0.3 is 11.9 Å². The lowest BCUT2D eigenvalue weighted by atomic mass is 9.84. The van der Waals surface area contributed by atoms with Crippen molar-refractivity contribution in [3.63, 3.8) is 0 Å². The van der Waals surface area contributed by atoms with Gasteiger partial charge in [-0.25, -0.2) is 9.59 Å². The van der Waals surface area contributed by atoms with Crippen LogP contribution in [0.5, 0.6) is 57.5 Å². The van der Waals surface area contributed by atoms with E-state index in [1.165, 1.54) is 5.56 Å². The molecule has 6 rings (SSSR count). The van der Waals surface area contributed by atoms with Crippen LogP contribution < -0.4 is 47.4 Å². The van der Waals surface area contributed by atoms with Gasteiger partial charge in [-0.2, -0.15) is 0 Å². The minimum atomic E-state index is -0.622. The number of carbonyl (C=O) groups is 2. The highest BCUT2D eigenvalue weighted by atomic mass is 16.6. The van der Waals surface area contributed by atoms with E-state index in [2.05, 4.69) is 26.2 Å². The van der Waals surface area contributed by atoms with Gasteiger partial charge in [-0.15, -0.1) is 0 Å². The minimum absolute atomic E-state index is 0.00925. The lowest BCUT2D eigenvalue weighted by Gasteiger charge is -2.46. The third-order valence-electron chi connectivity index (χ3n) is 14.4. The second-order valence-corrected chi connectivity index (χ2v) is 18.4. The molecule has 0 radical (unpaired) electrons. The van der Waals surface area contributed by atoms with Crippen molar-refractivity contribution in [2.75, 3.05) is 125 Å². The van der Waals surface area contributed by atoms with Crippen LogP contribution in [0.25, 0.3) is 0 Å². The summed E-state index contributed by atoms with van der Waals surface area (Å²) in [6.45, 7) is 5.43. The molecular weight excluding hydrogens is 913 g/mol. The molecule has 4 atom stereocenters. The van der Waals surface area contributed by atoms with Gasteiger partial charge in [0.05, 0.1) is 136 Å². The normalized spacial score (nSPS) is 19.2. The average Bonchev–Trinajstić information content (AvgIpc) is 3.38. The Morgan fingerprint density at radius 2 is 0.915 bits per heavy atom. The van der Waals surface area contributed by atoms with Gasteiger partial charge in [0.25, 0.3) is 0 Å². The van der Waals surface area contributed by atoms with Gasteiger partial charge in [-0.1, -0.05) is 12.1 Å². The summed E-state index contributed by atoms with van der Waals surface area (Å²) in [4.78, 5) is 25.9. The van der Waals surface area contributed by atoms with Crippen LogP contribution >= 0.6 is 0 Å². The maximum Gasteiger partial charge on any atom is 0.331 e. The molecule has 71 heavy (non-hydrogen) atoms. The molecule has 2 aliphatic heterocycles. The predicted molar refractivity (Wildman–Crippen MR) is 268 cm³/mol. The number of likely N-dealkylation sites (N-methyl/N-ethyl adjacent to an activating group) is 2. The largest absolute Gasteiger partial charge is 0.493 e. The van der Waals surface area contributed by atoms with Crippen LogP contribution in [0, 0.1) is 6.92 Å². The smallest absolute Gasteiger partial charge is 0.331 e. The highest BCUT2D eigenvalue weighted by Gasteiger charge is 2.44. The molecule has 0 N–H and O–H groups in total. The Balaban J connectivity index is 1.09. The van der Waals surface area contributed by atoms with Crippen molar-refractivity contribution in [1.29, 1.82) is 0 Å². The molecule has 16 heteroatoms. The highest BCUT2D eigenvalue weighted by Crippen LogP contribution is 2.52. The van der Waals surface area contributed by atoms with E-state index in [1.807, 2.05) is 37.3 Å². The average molecular weight is 987 g/mol. The van der Waals surface area contributed by atoms with E-state index in [0.717, 1.165) is 89.5 Å². The van der Waals surface area contributed by atoms with E-state index < -0.39 is 11.9 Å². The quantitative estimate of drug-likeness (QED) is 0.0292. The second-order valence-electron chi connectivity index (χ2n) is 18.4. The third kappa shape index (κ3) is 11.7. The Kier molecular flexibility index (Phi) is 18.2. The van der Waals surface area contributed by atoms with E-state index in [4.69, 9.17) is 56.8 Å². The van der Waals surface area contributed by atoms with E-state index in [0.29, 0.717) is 87.2 Å². The maximum absolute atomic E-state index is 13.0. The van der Waals surface area contributed by atoms with Crippen molar-refractivity contribution in [1.82, 2.24) is 0 Å². The highest BCUT2D eigenvalue weighted by molar-refractivity contribution is 5.91. The monoisotopic (exact) mass is 987 g/mol. The fourth-order valence-electron chi connectivity index (χ4n) is 10.7. The van der Waals surface area contributed by atoms with Crippen LogP contribution in [-0.4, -0.2) is 145 Å². The SMILES string of the molecule is COc1ccc(CC2c3c(cc(C)c(OC)c3OC)CC[N+]2(C)CCCOC(=O)/C=C/C(=O)OCCC[N+]2(C)CCc3cc(OC)c(OC)c(OC)c3C2Cc2cc(OC)c(OC)c(OC)c2)cc1OC. The fraction of sp³-hybridized carbons (Fsp3) is 0.491. The molecule has 2 heterocycles. The van der Waals surface area contributed by atoms with Crippen LogP contribution in [0.2, 0.25) is 0 Å². The van der Waals surface area contributed by atoms with Crippen molar-refractivity contribution in [3.8, 4) is 57.5 Å². The number of aryl methyl sites for hydroxylation is 1. The number of nitrogens with zero attached hydrogens (tertiary/aromatic N) is 2. The Bertz CT molecular complexity index is 2520. The van der Waals surface area contributed by atoms with Crippen molar-refractivity contribution in [2.45, 2.75) is 57.5 Å². The topological polar surface area (TPSA) is 145 Å². The summed E-state index contributed by atoms with van der Waals surface area (Å²) in [7, 11) is 20.7. The molecule has 386 valence electrons. The molecule has 4 unspecified atom stereocenters. The molecule has 0 aliphatic carbocycles. The lowest BCUT2D eigenvalue weighted by molar-refractivity contribution is -0.941. The molecule has 0 saturated carbocycles. The zero-order valence-electron chi connectivity index (χ0n) is 43.9. The number of quaternary nitrogens is 2. The minimum Gasteiger partial charge on any atom is -0.493 e. The zero-order chi connectivity index (χ0) is 51.5. The summed E-state index contributed by atoms with van der Waals surface area (Å²) in [6.07, 6.45) is 6.30. The van der Waals surface area contributed by atoms with Crippen LogP contribution in [0.1, 0.15) is 63.9 Å². The number of hydrogen-bond acceptors (Lipinski definition) is 14. The van der Waals surface area contributed by atoms with Gasteiger partial charge in [0.15, 0.2) is 46.0 Å². The van der Waals surface area contributed by atoms with Gasteiger partial charge < -0.3 is 65.8 Å². The summed E-state index contributed by atoms with van der Waals surface area (Å²) >= 11 is 0. The summed E-state index contributed by atoms with van der Waals surface area (Å²) < 4.78 is 70.4. The van der Waals surface area contributed by atoms with Gasteiger partial charge in [-0.05, 0) is 65.1 Å². The van der Waals surface area contributed by atoms with Gasteiger partial charge in [0.1, 0.15) is 12.1 Å². The lowest BCUT2D eigenvalue weighted by Crippen LogP contribution is -2.53. The van der Waals surface area contributed by atoms with Crippen LogP contribution in [0.3, 0.4) is 0 Å². The Morgan fingerprint density at radius 3 is 1.38 bits per heavy atom. The molecule has 0 fully saturated rings. The maximum atomic E-state index is 13.0. The summed E-state index contributed by atoms with van der Waals surface area (Å²) in [5.41, 5.74) is 7.56. The van der Waals surface area contributed by atoms with Crippen LogP contribution in [0.4, 0.5) is 0 Å². The third-order valence-corrected chi connectivity index (χ3v) is 14.4. The standard InChI is InChI=1S/C55H74N2O14/c1-35-28-38-20-24-56(2,40(49(38)54(68-12)51(35)65-9)29-36-16-17-42(60-4)43(31-36)61-5)22-14-26-70-47(58)18-19-48(59)71-27-15-23-57(3)25-21-39-34-46(64-8)53(67-11)55(69-13)50(39)41(57)30-37-32-44(62-6)52(66-10)45(33-37)63-7/h16-19,28,31-34,40-41H,14-15,20-27,29-30H2,1-13H3/q+2/b19-18+. The molecule has 0 aromatic heterocycles. The molecule has 4 aromatic rings. The number of esters is 2. The molecule has 2 aliphatic rings. The number of rotatable bonds is 24. The summed E-state index contributed by atoms with van der Waals surface area (Å²) in [6, 6.07) is 14.1. The van der Waals surface area contributed by atoms with Crippen LogP contribution in [-0.2, 0) is 44.7 Å². The van der Waals surface area contributed by atoms with E-state index in [9.17, 15) is 9.59 Å². The fourth-order valence-corrected chi connectivity index (χ4v) is 10.7. The number of benzene rings is 4. The molecule has 0 amide bonds. The molecule has 4 aromatic carbocycles. The Labute approximate surface area is 419 Å². The summed E-state index contributed by atoms with van der Waals surface area (Å²) in [5, 5.41) is 0. The number of fused-ring (bicyclic) bond motifs is 2. The first-order chi connectivity index (χ1) is 34.2. The molecular formula is C55H74N2O14+2. The van der Waals surface area contributed by atoms with Crippen molar-refractivity contribution in [3.05, 3.63) is 93.6 Å².